The molecule has 1 aromatic carbocycles. The van der Waals surface area contributed by atoms with Gasteiger partial charge >= 0.3 is 5.97 Å². The molecule has 0 saturated carbocycles. The van der Waals surface area contributed by atoms with Crippen LogP contribution in [0.5, 0.6) is 0 Å². The van der Waals surface area contributed by atoms with Gasteiger partial charge in [-0.1, -0.05) is 17.7 Å². The summed E-state index contributed by atoms with van der Waals surface area (Å²) in [5.74, 6) is -1.79. The second-order valence-corrected chi connectivity index (χ2v) is 5.35. The van der Waals surface area contributed by atoms with Gasteiger partial charge in [-0.25, -0.2) is 4.39 Å². The van der Waals surface area contributed by atoms with Gasteiger partial charge in [-0.15, -0.1) is 0 Å². The van der Waals surface area contributed by atoms with Crippen LogP contribution in [0, 0.1) is 11.7 Å². The molecule has 1 saturated heterocycles. The van der Waals surface area contributed by atoms with E-state index < -0.39 is 11.7 Å². The number of hydrogen-bond acceptors (Lipinski definition) is 3. The largest absolute Gasteiger partial charge is 0.466 e. The van der Waals surface area contributed by atoms with Crippen molar-refractivity contribution < 1.29 is 18.7 Å². The maximum absolute atomic E-state index is 13.8. The molecular formula is C15H17ClFNO3. The molecule has 0 aromatic heterocycles. The molecule has 1 atom stereocenters. The van der Waals surface area contributed by atoms with Gasteiger partial charge in [-0.3, -0.25) is 9.59 Å². The third-order valence-corrected chi connectivity index (χ3v) is 3.82. The van der Waals surface area contributed by atoms with Crippen LogP contribution in [0.2, 0.25) is 5.02 Å². The maximum Gasteiger partial charge on any atom is 0.310 e. The van der Waals surface area contributed by atoms with Gasteiger partial charge in [0, 0.05) is 13.1 Å². The molecule has 0 aliphatic carbocycles. The third-order valence-electron chi connectivity index (χ3n) is 3.51. The molecule has 1 fully saturated rings. The Morgan fingerprint density at radius 2 is 2.24 bits per heavy atom. The van der Waals surface area contributed by atoms with Crippen molar-refractivity contribution in [1.29, 1.82) is 0 Å². The van der Waals surface area contributed by atoms with Crippen molar-refractivity contribution in [1.82, 2.24) is 4.90 Å². The van der Waals surface area contributed by atoms with Gasteiger partial charge in [0.15, 0.2) is 0 Å². The van der Waals surface area contributed by atoms with Crippen LogP contribution in [0.15, 0.2) is 18.2 Å². The predicted molar refractivity (Wildman–Crippen MR) is 76.7 cm³/mol. The Bertz CT molecular complexity index is 529. The summed E-state index contributed by atoms with van der Waals surface area (Å²) in [5.41, 5.74) is -0.135. The van der Waals surface area contributed by atoms with Crippen molar-refractivity contribution in [2.24, 2.45) is 5.92 Å². The molecular weight excluding hydrogens is 297 g/mol. The first-order valence-electron chi connectivity index (χ1n) is 6.94. The maximum atomic E-state index is 13.8. The Kier molecular flexibility index (Phi) is 5.17. The molecule has 1 aliphatic rings. The van der Waals surface area contributed by atoms with Crippen LogP contribution >= 0.6 is 11.6 Å². The van der Waals surface area contributed by atoms with Crippen LogP contribution in [-0.2, 0) is 9.53 Å². The second-order valence-electron chi connectivity index (χ2n) is 4.94. The van der Waals surface area contributed by atoms with Gasteiger partial charge in [0.05, 0.1) is 23.1 Å². The first-order chi connectivity index (χ1) is 10.0. The standard InChI is InChI=1S/C15H17ClFNO3/c1-2-21-15(20)10-5-4-8-18(9-10)14(19)13-11(16)6-3-7-12(13)17/h3,6-7,10H,2,4-5,8-9H2,1H3. The number of carbonyl (C=O) groups excluding carboxylic acids is 2. The molecule has 0 radical (unpaired) electrons. The van der Waals surface area contributed by atoms with E-state index in [9.17, 15) is 14.0 Å². The molecule has 1 amide bonds. The average Bonchev–Trinajstić information content (AvgIpc) is 2.47. The van der Waals surface area contributed by atoms with E-state index in [-0.39, 0.29) is 29.0 Å². The fourth-order valence-corrected chi connectivity index (χ4v) is 2.72. The number of rotatable bonds is 3. The second kappa shape index (κ2) is 6.89. The number of likely N-dealkylation sites (tertiary alicyclic amines) is 1. The third kappa shape index (κ3) is 3.53. The molecule has 1 unspecified atom stereocenters. The van der Waals surface area contributed by atoms with Crippen LogP contribution in [0.4, 0.5) is 4.39 Å². The highest BCUT2D eigenvalue weighted by molar-refractivity contribution is 6.33. The number of nitrogens with zero attached hydrogens (tertiary/aromatic N) is 1. The molecule has 4 nitrogen and oxygen atoms in total. The van der Waals surface area contributed by atoms with E-state index in [1.165, 1.54) is 23.1 Å². The van der Waals surface area contributed by atoms with Gasteiger partial charge in [0.2, 0.25) is 0 Å². The first-order valence-corrected chi connectivity index (χ1v) is 7.32. The summed E-state index contributed by atoms with van der Waals surface area (Å²) in [4.78, 5) is 25.7. The lowest BCUT2D eigenvalue weighted by Crippen LogP contribution is -2.43. The number of halogens is 2. The number of ether oxygens (including phenoxy) is 1. The number of piperidine rings is 1. The highest BCUT2D eigenvalue weighted by Crippen LogP contribution is 2.24. The van der Waals surface area contributed by atoms with Gasteiger partial charge in [0.25, 0.3) is 5.91 Å². The molecule has 6 heteroatoms. The number of hydrogen-bond donors (Lipinski definition) is 0. The lowest BCUT2D eigenvalue weighted by atomic mass is 9.97. The van der Waals surface area contributed by atoms with E-state index in [2.05, 4.69) is 0 Å². The lowest BCUT2D eigenvalue weighted by Gasteiger charge is -2.31. The van der Waals surface area contributed by atoms with Crippen molar-refractivity contribution in [2.75, 3.05) is 19.7 Å². The van der Waals surface area contributed by atoms with Crippen LogP contribution in [0.25, 0.3) is 0 Å². The van der Waals surface area contributed by atoms with Crippen molar-refractivity contribution in [3.63, 3.8) is 0 Å². The SMILES string of the molecule is CCOC(=O)C1CCCN(C(=O)c2c(F)cccc2Cl)C1. The molecule has 0 spiro atoms. The predicted octanol–water partition coefficient (Wildman–Crippen LogP) is 2.89. The van der Waals surface area contributed by atoms with E-state index in [0.717, 1.165) is 0 Å². The van der Waals surface area contributed by atoms with Crippen molar-refractivity contribution in [3.8, 4) is 0 Å². The summed E-state index contributed by atoms with van der Waals surface area (Å²) in [6.07, 6.45) is 1.36. The van der Waals surface area contributed by atoms with Crippen molar-refractivity contribution in [3.05, 3.63) is 34.6 Å². The normalized spacial score (nSPS) is 18.4. The Morgan fingerprint density at radius 3 is 2.90 bits per heavy atom. The van der Waals surface area contributed by atoms with Gasteiger partial charge in [-0.05, 0) is 31.9 Å². The monoisotopic (exact) mass is 313 g/mol. The summed E-state index contributed by atoms with van der Waals surface area (Å²) in [5, 5.41) is 0.0817. The Labute approximate surface area is 127 Å². The number of amides is 1. The minimum absolute atomic E-state index is 0.0817. The van der Waals surface area contributed by atoms with E-state index in [1.54, 1.807) is 6.92 Å². The topological polar surface area (TPSA) is 46.6 Å². The smallest absolute Gasteiger partial charge is 0.310 e. The van der Waals surface area contributed by atoms with Crippen molar-refractivity contribution >= 4 is 23.5 Å². The zero-order chi connectivity index (χ0) is 15.4. The lowest BCUT2D eigenvalue weighted by molar-refractivity contribution is -0.149. The van der Waals surface area contributed by atoms with Crippen LogP contribution in [0.1, 0.15) is 30.1 Å². The van der Waals surface area contributed by atoms with Crippen LogP contribution < -0.4 is 0 Å². The minimum Gasteiger partial charge on any atom is -0.466 e. The zero-order valence-electron chi connectivity index (χ0n) is 11.8. The molecule has 1 aliphatic heterocycles. The van der Waals surface area contributed by atoms with E-state index in [4.69, 9.17) is 16.3 Å². The van der Waals surface area contributed by atoms with Crippen LogP contribution in [0.3, 0.4) is 0 Å². The molecule has 1 aromatic rings. The molecule has 2 rings (SSSR count). The van der Waals surface area contributed by atoms with E-state index >= 15 is 0 Å². The highest BCUT2D eigenvalue weighted by Gasteiger charge is 2.31. The molecule has 0 bridgehead atoms. The molecule has 21 heavy (non-hydrogen) atoms. The number of benzene rings is 1. The Hall–Kier alpha value is -1.62. The zero-order valence-corrected chi connectivity index (χ0v) is 12.5. The fraction of sp³-hybridized carbons (Fsp3) is 0.467. The van der Waals surface area contributed by atoms with E-state index in [0.29, 0.717) is 26.0 Å². The van der Waals surface area contributed by atoms with Gasteiger partial charge < -0.3 is 9.64 Å². The first kappa shape index (κ1) is 15.8. The van der Waals surface area contributed by atoms with Crippen molar-refractivity contribution in [2.45, 2.75) is 19.8 Å². The van der Waals surface area contributed by atoms with Gasteiger partial charge in [-0.2, -0.15) is 0 Å². The molecule has 0 N–H and O–H groups in total. The van der Waals surface area contributed by atoms with Gasteiger partial charge in [0.1, 0.15) is 5.82 Å². The quantitative estimate of drug-likeness (QED) is 0.806. The number of esters is 1. The Balaban J connectivity index is 2.14. The van der Waals surface area contributed by atoms with Crippen LogP contribution in [-0.4, -0.2) is 36.5 Å². The number of carbonyl (C=O) groups is 2. The summed E-state index contributed by atoms with van der Waals surface area (Å²) < 4.78 is 18.8. The molecule has 114 valence electrons. The Morgan fingerprint density at radius 1 is 1.48 bits per heavy atom. The minimum atomic E-state index is -0.647. The highest BCUT2D eigenvalue weighted by atomic mass is 35.5. The van der Waals surface area contributed by atoms with E-state index in [1.807, 2.05) is 0 Å². The average molecular weight is 314 g/mol. The summed E-state index contributed by atoms with van der Waals surface area (Å²) in [6, 6.07) is 4.13. The molecule has 1 heterocycles. The summed E-state index contributed by atoms with van der Waals surface area (Å²) in [7, 11) is 0. The fourth-order valence-electron chi connectivity index (χ4n) is 2.47. The summed E-state index contributed by atoms with van der Waals surface area (Å²) >= 11 is 5.91. The summed E-state index contributed by atoms with van der Waals surface area (Å²) in [6.45, 7) is 2.77.